The van der Waals surface area contributed by atoms with Crippen molar-refractivity contribution in [1.29, 1.82) is 0 Å². The SMILES string of the molecule is Brc1cccc2c1oc1c(-c3cccc(-c4cccnc4)c3)cccc12. The minimum atomic E-state index is 0.887. The molecule has 2 aromatic heterocycles. The Kier molecular flexibility index (Phi) is 3.61. The van der Waals surface area contributed by atoms with Crippen LogP contribution in [-0.4, -0.2) is 4.98 Å². The molecular formula is C23H14BrNO. The Bertz CT molecular complexity index is 1240. The molecule has 124 valence electrons. The Morgan fingerprint density at radius 2 is 1.42 bits per heavy atom. The van der Waals surface area contributed by atoms with Gasteiger partial charge in [0.1, 0.15) is 11.2 Å². The molecule has 0 saturated heterocycles. The molecule has 5 aromatic rings. The fraction of sp³-hybridized carbons (Fsp3) is 0. The highest BCUT2D eigenvalue weighted by Crippen LogP contribution is 2.38. The fourth-order valence-electron chi connectivity index (χ4n) is 3.41. The van der Waals surface area contributed by atoms with Crippen LogP contribution < -0.4 is 0 Å². The molecular weight excluding hydrogens is 386 g/mol. The number of nitrogens with zero attached hydrogens (tertiary/aromatic N) is 1. The van der Waals surface area contributed by atoms with Crippen molar-refractivity contribution >= 4 is 37.9 Å². The second-order valence-corrected chi connectivity index (χ2v) is 7.08. The summed E-state index contributed by atoms with van der Waals surface area (Å²) in [6.07, 6.45) is 3.68. The van der Waals surface area contributed by atoms with Gasteiger partial charge in [-0.2, -0.15) is 0 Å². The number of hydrogen-bond acceptors (Lipinski definition) is 2. The molecule has 0 spiro atoms. The molecule has 0 unspecified atom stereocenters. The van der Waals surface area contributed by atoms with E-state index in [2.05, 4.69) is 75.5 Å². The van der Waals surface area contributed by atoms with Gasteiger partial charge in [0, 0.05) is 34.3 Å². The van der Waals surface area contributed by atoms with E-state index >= 15 is 0 Å². The van der Waals surface area contributed by atoms with Gasteiger partial charge < -0.3 is 4.42 Å². The molecule has 3 aromatic carbocycles. The van der Waals surface area contributed by atoms with Gasteiger partial charge in [-0.15, -0.1) is 0 Å². The highest BCUT2D eigenvalue weighted by molar-refractivity contribution is 9.10. The van der Waals surface area contributed by atoms with Gasteiger partial charge in [0.05, 0.1) is 4.47 Å². The summed E-state index contributed by atoms with van der Waals surface area (Å²) < 4.78 is 7.23. The first-order valence-corrected chi connectivity index (χ1v) is 9.21. The number of rotatable bonds is 2. The molecule has 0 N–H and O–H groups in total. The van der Waals surface area contributed by atoms with Gasteiger partial charge in [-0.25, -0.2) is 0 Å². The van der Waals surface area contributed by atoms with Crippen LogP contribution >= 0.6 is 15.9 Å². The lowest BCUT2D eigenvalue weighted by molar-refractivity contribution is 0.668. The first-order valence-electron chi connectivity index (χ1n) is 8.42. The van der Waals surface area contributed by atoms with Crippen LogP contribution in [0.2, 0.25) is 0 Å². The fourth-order valence-corrected chi connectivity index (χ4v) is 3.86. The number of pyridine rings is 1. The maximum atomic E-state index is 6.26. The van der Waals surface area contributed by atoms with Crippen molar-refractivity contribution < 1.29 is 4.42 Å². The van der Waals surface area contributed by atoms with Crippen LogP contribution in [0.5, 0.6) is 0 Å². The van der Waals surface area contributed by atoms with E-state index in [1.165, 1.54) is 0 Å². The molecule has 0 radical (unpaired) electrons. The normalized spacial score (nSPS) is 11.3. The van der Waals surface area contributed by atoms with Gasteiger partial charge in [-0.1, -0.05) is 54.6 Å². The van der Waals surface area contributed by atoms with Gasteiger partial charge in [0.2, 0.25) is 0 Å². The molecule has 3 heteroatoms. The molecule has 0 amide bonds. The lowest BCUT2D eigenvalue weighted by Crippen LogP contribution is -1.83. The van der Waals surface area contributed by atoms with Gasteiger partial charge in [0.15, 0.2) is 0 Å². The van der Waals surface area contributed by atoms with Crippen molar-refractivity contribution in [2.45, 2.75) is 0 Å². The van der Waals surface area contributed by atoms with Crippen LogP contribution in [0, 0.1) is 0 Å². The zero-order valence-electron chi connectivity index (χ0n) is 13.8. The topological polar surface area (TPSA) is 26.0 Å². The van der Waals surface area contributed by atoms with Crippen LogP contribution in [0.4, 0.5) is 0 Å². The van der Waals surface area contributed by atoms with Gasteiger partial charge in [-0.05, 0) is 45.3 Å². The Labute approximate surface area is 159 Å². The molecule has 0 aliphatic heterocycles. The van der Waals surface area contributed by atoms with Gasteiger partial charge in [-0.3, -0.25) is 4.98 Å². The van der Waals surface area contributed by atoms with E-state index in [0.717, 1.165) is 48.7 Å². The van der Waals surface area contributed by atoms with E-state index < -0.39 is 0 Å². The van der Waals surface area contributed by atoms with Crippen LogP contribution in [-0.2, 0) is 0 Å². The van der Waals surface area contributed by atoms with Gasteiger partial charge in [0.25, 0.3) is 0 Å². The zero-order chi connectivity index (χ0) is 17.5. The second kappa shape index (κ2) is 6.11. The monoisotopic (exact) mass is 399 g/mol. The van der Waals surface area contributed by atoms with E-state index in [1.807, 2.05) is 24.4 Å². The Balaban J connectivity index is 1.75. The van der Waals surface area contributed by atoms with Crippen molar-refractivity contribution in [3.63, 3.8) is 0 Å². The Morgan fingerprint density at radius 1 is 0.692 bits per heavy atom. The summed E-state index contributed by atoms with van der Waals surface area (Å²) in [5.41, 5.74) is 6.28. The third-order valence-electron chi connectivity index (χ3n) is 4.64. The molecule has 0 fully saturated rings. The second-order valence-electron chi connectivity index (χ2n) is 6.22. The highest BCUT2D eigenvalue weighted by atomic mass is 79.9. The minimum absolute atomic E-state index is 0.887. The molecule has 2 nitrogen and oxygen atoms in total. The number of hydrogen-bond donors (Lipinski definition) is 0. The molecule has 26 heavy (non-hydrogen) atoms. The van der Waals surface area contributed by atoms with Gasteiger partial charge >= 0.3 is 0 Å². The van der Waals surface area contributed by atoms with E-state index in [4.69, 9.17) is 4.42 Å². The van der Waals surface area contributed by atoms with Crippen LogP contribution in [0.3, 0.4) is 0 Å². The first-order chi connectivity index (χ1) is 12.8. The zero-order valence-corrected chi connectivity index (χ0v) is 15.4. The van der Waals surface area contributed by atoms with Crippen LogP contribution in [0.1, 0.15) is 0 Å². The summed E-state index contributed by atoms with van der Waals surface area (Å²) in [6, 6.07) is 25.0. The smallest absolute Gasteiger partial charge is 0.149 e. The number of furan rings is 1. The summed E-state index contributed by atoms with van der Waals surface area (Å²) in [7, 11) is 0. The Morgan fingerprint density at radius 3 is 2.27 bits per heavy atom. The van der Waals surface area contributed by atoms with Crippen molar-refractivity contribution in [2.24, 2.45) is 0 Å². The van der Waals surface area contributed by atoms with E-state index in [1.54, 1.807) is 6.20 Å². The summed E-state index contributed by atoms with van der Waals surface area (Å²) in [6.45, 7) is 0. The maximum Gasteiger partial charge on any atom is 0.149 e. The van der Waals surface area contributed by atoms with Crippen LogP contribution in [0.15, 0.2) is 94.1 Å². The standard InChI is InChI=1S/C23H14BrNO/c24-21-11-3-10-20-19-9-2-8-18(22(19)26-23(20)21)16-6-1-5-15(13-16)17-7-4-12-25-14-17/h1-14H. The van der Waals surface area contributed by atoms with Crippen molar-refractivity contribution in [3.8, 4) is 22.3 Å². The lowest BCUT2D eigenvalue weighted by Gasteiger charge is -2.06. The molecule has 0 atom stereocenters. The molecule has 0 aliphatic carbocycles. The van der Waals surface area contributed by atoms with Crippen molar-refractivity contribution in [2.75, 3.05) is 0 Å². The summed E-state index contributed by atoms with van der Waals surface area (Å²) in [5, 5.41) is 2.25. The Hall–Kier alpha value is -2.91. The van der Waals surface area contributed by atoms with E-state index in [0.29, 0.717) is 0 Å². The molecule has 5 rings (SSSR count). The highest BCUT2D eigenvalue weighted by Gasteiger charge is 2.14. The third-order valence-corrected chi connectivity index (χ3v) is 5.27. The van der Waals surface area contributed by atoms with Crippen molar-refractivity contribution in [1.82, 2.24) is 4.98 Å². The molecule has 0 saturated carbocycles. The largest absolute Gasteiger partial charge is 0.454 e. The predicted octanol–water partition coefficient (Wildman–Crippen LogP) is 7.08. The number of halogens is 1. The summed E-state index contributed by atoms with van der Waals surface area (Å²) in [5.74, 6) is 0. The predicted molar refractivity (Wildman–Crippen MR) is 110 cm³/mol. The van der Waals surface area contributed by atoms with E-state index in [9.17, 15) is 0 Å². The molecule has 0 bridgehead atoms. The quantitative estimate of drug-likeness (QED) is 0.317. The lowest BCUT2D eigenvalue weighted by atomic mass is 9.98. The summed E-state index contributed by atoms with van der Waals surface area (Å²) >= 11 is 3.60. The summed E-state index contributed by atoms with van der Waals surface area (Å²) in [4.78, 5) is 4.23. The minimum Gasteiger partial charge on any atom is -0.454 e. The van der Waals surface area contributed by atoms with E-state index in [-0.39, 0.29) is 0 Å². The number of para-hydroxylation sites is 2. The average molecular weight is 400 g/mol. The first kappa shape index (κ1) is 15.4. The number of benzene rings is 3. The van der Waals surface area contributed by atoms with Crippen LogP contribution in [0.25, 0.3) is 44.2 Å². The number of fused-ring (bicyclic) bond motifs is 3. The molecule has 0 aliphatic rings. The van der Waals surface area contributed by atoms with Crippen molar-refractivity contribution in [3.05, 3.63) is 89.7 Å². The number of aromatic nitrogens is 1. The third kappa shape index (κ3) is 2.44. The average Bonchev–Trinajstić information content (AvgIpc) is 3.09. The maximum absolute atomic E-state index is 6.26. The molecule has 2 heterocycles.